The molecule has 0 bridgehead atoms. The number of rotatable bonds is 5. The third-order valence-corrected chi connectivity index (χ3v) is 4.71. The highest BCUT2D eigenvalue weighted by atomic mass is 16.5. The van der Waals surface area contributed by atoms with Crippen molar-refractivity contribution < 1.29 is 19.6 Å². The molecule has 1 aliphatic rings. The van der Waals surface area contributed by atoms with Crippen LogP contribution in [0.25, 0.3) is 0 Å². The Bertz CT molecular complexity index is 839. The van der Waals surface area contributed by atoms with Crippen LogP contribution in [-0.4, -0.2) is 29.0 Å². The van der Waals surface area contributed by atoms with Crippen molar-refractivity contribution >= 4 is 23.4 Å². The molecule has 140 valence electrons. The van der Waals surface area contributed by atoms with Crippen LogP contribution in [0, 0.1) is 5.92 Å². The van der Waals surface area contributed by atoms with Gasteiger partial charge in [0.1, 0.15) is 6.04 Å². The summed E-state index contributed by atoms with van der Waals surface area (Å²) in [5.41, 5.74) is 4.72. The van der Waals surface area contributed by atoms with E-state index >= 15 is 0 Å². The number of fused-ring (bicyclic) bond motifs is 1. The first-order valence-electron chi connectivity index (χ1n) is 8.67. The third kappa shape index (κ3) is 4.32. The van der Waals surface area contributed by atoms with E-state index in [2.05, 4.69) is 10.6 Å². The Balaban J connectivity index is 1.73. The van der Waals surface area contributed by atoms with E-state index in [4.69, 9.17) is 5.21 Å². The Hall–Kier alpha value is -3.19. The smallest absolute Gasteiger partial charge is 0.274 e. The van der Waals surface area contributed by atoms with Crippen LogP contribution in [0.15, 0.2) is 48.5 Å². The molecule has 0 fully saturated rings. The van der Waals surface area contributed by atoms with Crippen LogP contribution in [0.3, 0.4) is 0 Å². The van der Waals surface area contributed by atoms with Crippen LogP contribution in [0.4, 0.5) is 5.69 Å². The van der Waals surface area contributed by atoms with Gasteiger partial charge in [-0.15, -0.1) is 0 Å². The number of carbonyl (C=O) groups is 3. The van der Waals surface area contributed by atoms with Gasteiger partial charge in [0.15, 0.2) is 0 Å². The van der Waals surface area contributed by atoms with Gasteiger partial charge in [-0.05, 0) is 54.2 Å². The van der Waals surface area contributed by atoms with Gasteiger partial charge in [-0.25, -0.2) is 5.48 Å². The molecule has 3 amide bonds. The fourth-order valence-electron chi connectivity index (χ4n) is 3.43. The van der Waals surface area contributed by atoms with Crippen LogP contribution in [0.1, 0.15) is 28.4 Å². The predicted molar refractivity (Wildman–Crippen MR) is 99.3 cm³/mol. The fraction of sp³-hybridized carbons (Fsp3) is 0.250. The van der Waals surface area contributed by atoms with E-state index in [1.807, 2.05) is 24.3 Å². The Morgan fingerprint density at radius 3 is 2.11 bits per heavy atom. The molecule has 0 saturated carbocycles. The lowest BCUT2D eigenvalue weighted by atomic mass is 9.95. The molecule has 27 heavy (non-hydrogen) atoms. The summed E-state index contributed by atoms with van der Waals surface area (Å²) >= 11 is 0. The Morgan fingerprint density at radius 2 is 1.59 bits per heavy atom. The fourth-order valence-corrected chi connectivity index (χ4v) is 3.43. The molecular formula is C20H21N3O4. The molecule has 0 radical (unpaired) electrons. The molecule has 0 spiro atoms. The Morgan fingerprint density at radius 1 is 1.00 bits per heavy atom. The normalized spacial score (nSPS) is 14.1. The third-order valence-electron chi connectivity index (χ3n) is 4.71. The largest absolute Gasteiger partial charge is 0.344 e. The summed E-state index contributed by atoms with van der Waals surface area (Å²) in [6.45, 7) is 1.39. The number of hydrogen-bond donors (Lipinski definition) is 4. The van der Waals surface area contributed by atoms with E-state index < -0.39 is 11.9 Å². The number of hydroxylamine groups is 1. The van der Waals surface area contributed by atoms with Crippen LogP contribution in [0.5, 0.6) is 0 Å². The number of amides is 3. The molecule has 1 atom stereocenters. The molecule has 0 heterocycles. The highest BCUT2D eigenvalue weighted by Crippen LogP contribution is 2.29. The Labute approximate surface area is 156 Å². The van der Waals surface area contributed by atoms with Gasteiger partial charge < -0.3 is 10.6 Å². The topological polar surface area (TPSA) is 108 Å². The molecule has 0 aliphatic heterocycles. The van der Waals surface area contributed by atoms with Crippen LogP contribution in [0.2, 0.25) is 0 Å². The van der Waals surface area contributed by atoms with Crippen molar-refractivity contribution in [1.29, 1.82) is 0 Å². The summed E-state index contributed by atoms with van der Waals surface area (Å²) in [6, 6.07) is 13.5. The molecular weight excluding hydrogens is 346 g/mol. The summed E-state index contributed by atoms with van der Waals surface area (Å²) in [7, 11) is 0. The summed E-state index contributed by atoms with van der Waals surface area (Å²) in [6.07, 6.45) is 1.45. The lowest BCUT2D eigenvalue weighted by molar-refractivity contribution is -0.126. The van der Waals surface area contributed by atoms with Gasteiger partial charge in [-0.1, -0.05) is 24.3 Å². The second-order valence-corrected chi connectivity index (χ2v) is 6.62. The van der Waals surface area contributed by atoms with E-state index in [0.717, 1.165) is 12.8 Å². The van der Waals surface area contributed by atoms with E-state index in [-0.39, 0.29) is 23.3 Å². The van der Waals surface area contributed by atoms with Crippen molar-refractivity contribution in [1.82, 2.24) is 10.8 Å². The first-order chi connectivity index (χ1) is 13.0. The maximum absolute atomic E-state index is 12.8. The predicted octanol–water partition coefficient (Wildman–Crippen LogP) is 1.66. The average Bonchev–Trinajstić information content (AvgIpc) is 3.09. The van der Waals surface area contributed by atoms with Crippen molar-refractivity contribution in [3.63, 3.8) is 0 Å². The zero-order valence-corrected chi connectivity index (χ0v) is 14.9. The molecule has 7 nitrogen and oxygen atoms in total. The van der Waals surface area contributed by atoms with Crippen molar-refractivity contribution in [3.8, 4) is 0 Å². The number of hydrogen-bond acceptors (Lipinski definition) is 4. The summed E-state index contributed by atoms with van der Waals surface area (Å²) in [5, 5.41) is 14.2. The van der Waals surface area contributed by atoms with Gasteiger partial charge in [-0.3, -0.25) is 19.6 Å². The molecule has 7 heteroatoms. The molecule has 2 aromatic rings. The minimum atomic E-state index is -0.657. The molecule has 0 saturated heterocycles. The second kappa shape index (κ2) is 8.01. The van der Waals surface area contributed by atoms with Gasteiger partial charge >= 0.3 is 0 Å². The number of carbonyl (C=O) groups excluding carboxylic acids is 3. The quantitative estimate of drug-likeness (QED) is 0.476. The average molecular weight is 367 g/mol. The summed E-state index contributed by atoms with van der Waals surface area (Å²) in [4.78, 5) is 35.8. The maximum atomic E-state index is 12.8. The van der Waals surface area contributed by atoms with Crippen molar-refractivity contribution in [2.24, 2.45) is 5.92 Å². The zero-order chi connectivity index (χ0) is 19.4. The summed E-state index contributed by atoms with van der Waals surface area (Å²) in [5.74, 6) is -1.22. The van der Waals surface area contributed by atoms with Crippen molar-refractivity contribution in [2.45, 2.75) is 25.8 Å². The van der Waals surface area contributed by atoms with E-state index in [9.17, 15) is 14.4 Å². The standard InChI is InChI=1S/C20H21N3O4/c1-12(24)21-18(16-10-14-4-2-3-5-15(14)11-16)20(26)22-17-8-6-13(7-9-17)19(25)23-27/h2-9,16,18,27H,10-11H2,1H3,(H,21,24)(H,22,26)(H,23,25)/t18-/m0/s1. The first-order valence-corrected chi connectivity index (χ1v) is 8.67. The van der Waals surface area contributed by atoms with E-state index in [1.165, 1.54) is 30.2 Å². The minimum absolute atomic E-state index is 0.0225. The maximum Gasteiger partial charge on any atom is 0.274 e. The molecule has 3 rings (SSSR count). The zero-order valence-electron chi connectivity index (χ0n) is 14.9. The number of nitrogens with one attached hydrogen (secondary N) is 3. The van der Waals surface area contributed by atoms with Gasteiger partial charge in [-0.2, -0.15) is 0 Å². The monoisotopic (exact) mass is 367 g/mol. The lowest BCUT2D eigenvalue weighted by Crippen LogP contribution is -2.48. The first kappa shape index (κ1) is 18.6. The van der Waals surface area contributed by atoms with Gasteiger partial charge in [0.25, 0.3) is 5.91 Å². The minimum Gasteiger partial charge on any atom is -0.344 e. The number of anilines is 1. The van der Waals surface area contributed by atoms with Crippen LogP contribution in [-0.2, 0) is 22.4 Å². The SMILES string of the molecule is CC(=O)N[C@H](C(=O)Nc1ccc(C(=O)NO)cc1)C1Cc2ccccc2C1. The lowest BCUT2D eigenvalue weighted by Gasteiger charge is -2.23. The molecule has 1 aliphatic carbocycles. The molecule has 2 aromatic carbocycles. The van der Waals surface area contributed by atoms with E-state index in [1.54, 1.807) is 17.6 Å². The molecule has 4 N–H and O–H groups in total. The molecule has 0 aromatic heterocycles. The van der Waals surface area contributed by atoms with Crippen molar-refractivity contribution in [2.75, 3.05) is 5.32 Å². The summed E-state index contributed by atoms with van der Waals surface area (Å²) < 4.78 is 0. The van der Waals surface area contributed by atoms with Crippen LogP contribution >= 0.6 is 0 Å². The van der Waals surface area contributed by atoms with Crippen LogP contribution < -0.4 is 16.1 Å². The van der Waals surface area contributed by atoms with Gasteiger partial charge in [0, 0.05) is 18.2 Å². The van der Waals surface area contributed by atoms with Crippen molar-refractivity contribution in [3.05, 3.63) is 65.2 Å². The molecule has 0 unspecified atom stereocenters. The van der Waals surface area contributed by atoms with E-state index in [0.29, 0.717) is 5.69 Å². The van der Waals surface area contributed by atoms with Gasteiger partial charge in [0.05, 0.1) is 0 Å². The Kier molecular flexibility index (Phi) is 5.52. The second-order valence-electron chi connectivity index (χ2n) is 6.62. The number of benzene rings is 2. The highest BCUT2D eigenvalue weighted by Gasteiger charge is 2.33. The highest BCUT2D eigenvalue weighted by molar-refractivity contribution is 5.98. The van der Waals surface area contributed by atoms with Gasteiger partial charge in [0.2, 0.25) is 11.8 Å².